The lowest BCUT2D eigenvalue weighted by atomic mass is 9.70. The molecule has 2 N–H and O–H groups in total. The van der Waals surface area contributed by atoms with E-state index < -0.39 is 17.4 Å². The average molecular weight is 665 g/mol. The van der Waals surface area contributed by atoms with Crippen molar-refractivity contribution in [2.24, 2.45) is 5.41 Å². The highest BCUT2D eigenvalue weighted by atomic mass is 32.2. The van der Waals surface area contributed by atoms with Gasteiger partial charge in [-0.3, -0.25) is 9.36 Å². The number of rotatable bonds is 3. The number of piperazine rings is 1. The number of thiophene rings is 1. The zero-order valence-electron chi connectivity index (χ0n) is 25.3. The summed E-state index contributed by atoms with van der Waals surface area (Å²) in [6.07, 6.45) is -0.790. The van der Waals surface area contributed by atoms with E-state index in [1.54, 1.807) is 27.7 Å². The first-order chi connectivity index (χ1) is 21.9. The maximum atomic E-state index is 15.3. The summed E-state index contributed by atoms with van der Waals surface area (Å²) in [4.78, 5) is 34.9. The van der Waals surface area contributed by atoms with Gasteiger partial charge in [-0.1, -0.05) is 25.1 Å². The smallest absolute Gasteiger partial charge is 0.389 e. The molecule has 2 atom stereocenters. The van der Waals surface area contributed by atoms with Crippen LogP contribution in [-0.4, -0.2) is 51.3 Å². The number of nitriles is 1. The minimum absolute atomic E-state index is 0.0466. The Morgan fingerprint density at radius 2 is 1.96 bits per heavy atom. The van der Waals surface area contributed by atoms with Gasteiger partial charge in [-0.05, 0) is 55.9 Å². The summed E-state index contributed by atoms with van der Waals surface area (Å²) in [5.41, 5.74) is 5.37. The number of hydrogen-bond donors (Lipinski definition) is 1. The number of carbonyl (C=O) groups is 1. The Balaban J connectivity index is 1.56. The molecule has 2 aromatic carbocycles. The summed E-state index contributed by atoms with van der Waals surface area (Å²) in [6.45, 7) is 8.26. The highest BCUT2D eigenvalue weighted by Gasteiger charge is 2.44. The zero-order chi connectivity index (χ0) is 32.7. The molecule has 0 bridgehead atoms. The Morgan fingerprint density at radius 3 is 2.57 bits per heavy atom. The maximum Gasteiger partial charge on any atom is 0.417 e. The van der Waals surface area contributed by atoms with Crippen LogP contribution < -0.4 is 16.3 Å². The largest absolute Gasteiger partial charge is 0.417 e. The minimum atomic E-state index is -4.77. The van der Waals surface area contributed by atoms with Gasteiger partial charge in [0.05, 0.1) is 16.6 Å². The summed E-state index contributed by atoms with van der Waals surface area (Å²) in [5.74, 6) is 0.503. The number of anilines is 2. The number of amides is 1. The Bertz CT molecular complexity index is 2050. The molecule has 1 saturated carbocycles. The van der Waals surface area contributed by atoms with E-state index >= 15 is 13.2 Å². The van der Waals surface area contributed by atoms with Crippen molar-refractivity contribution >= 4 is 60.8 Å². The standard InChI is InChI=1S/C33H31F3N6O2S2/c1-4-24(43)42-17(2)13-40(14-18(42)3)30-20-11-22(33(34,35)36)26(19-7-5-8-23-25(19)21(12-37)29(38)46-23)28-27(20)41(31(44)39-30)15-32(16-45-28)9-6-10-32/h4-5,7-8,11,17-18H,1,6,9-10,13-16,38H2,2-3H3/t17-,18+. The SMILES string of the molecule is C=CC(=O)N1[C@H](C)CN(c2nc(=O)n3c4c(c(-c5cccc6sc(N)c(C#N)c56)c(C(F)(F)F)cc24)SCC2(CCC2)C3)C[C@@H]1C. The fourth-order valence-corrected chi connectivity index (χ4v) is 10.0. The van der Waals surface area contributed by atoms with Crippen molar-refractivity contribution in [3.05, 3.63) is 58.5 Å². The second-order valence-corrected chi connectivity index (χ2v) is 14.7. The van der Waals surface area contributed by atoms with Gasteiger partial charge in [0.2, 0.25) is 5.91 Å². The van der Waals surface area contributed by atoms with Gasteiger partial charge in [0.1, 0.15) is 16.9 Å². The highest BCUT2D eigenvalue weighted by Crippen LogP contribution is 2.55. The lowest BCUT2D eigenvalue weighted by molar-refractivity contribution is -0.137. The topological polar surface area (TPSA) is 108 Å². The fourth-order valence-electron chi connectivity index (χ4n) is 7.52. The number of thioether (sulfide) groups is 1. The second-order valence-electron chi connectivity index (χ2n) is 12.7. The summed E-state index contributed by atoms with van der Waals surface area (Å²) < 4.78 is 48.2. The number of nitrogens with zero attached hydrogens (tertiary/aromatic N) is 5. The summed E-state index contributed by atoms with van der Waals surface area (Å²) in [5, 5.41) is 10.9. The number of nitrogen functional groups attached to an aromatic ring is 1. The molecule has 4 heterocycles. The molecule has 1 saturated heterocycles. The van der Waals surface area contributed by atoms with Gasteiger partial charge in [-0.15, -0.1) is 23.1 Å². The molecule has 4 aromatic rings. The zero-order valence-corrected chi connectivity index (χ0v) is 26.9. The number of nitrogens with two attached hydrogens (primary N) is 1. The number of benzene rings is 2. The predicted octanol–water partition coefficient (Wildman–Crippen LogP) is 6.64. The molecule has 46 heavy (non-hydrogen) atoms. The molecule has 1 aliphatic carbocycles. The fraction of sp³-hybridized carbons (Fsp3) is 0.394. The van der Waals surface area contributed by atoms with Gasteiger partial charge < -0.3 is 15.5 Å². The van der Waals surface area contributed by atoms with Gasteiger partial charge in [-0.25, -0.2) is 4.79 Å². The van der Waals surface area contributed by atoms with Crippen LogP contribution in [-0.2, 0) is 17.5 Å². The molecule has 0 radical (unpaired) electrons. The number of aromatic nitrogens is 2. The summed E-state index contributed by atoms with van der Waals surface area (Å²) in [6, 6.07) is 7.67. The van der Waals surface area contributed by atoms with Crippen molar-refractivity contribution in [2.45, 2.75) is 62.8 Å². The van der Waals surface area contributed by atoms with Crippen LogP contribution in [0.4, 0.5) is 24.0 Å². The molecule has 8 nitrogen and oxygen atoms in total. The van der Waals surface area contributed by atoms with Crippen molar-refractivity contribution in [2.75, 3.05) is 29.5 Å². The van der Waals surface area contributed by atoms with E-state index in [-0.39, 0.29) is 69.4 Å². The monoisotopic (exact) mass is 664 g/mol. The van der Waals surface area contributed by atoms with Crippen LogP contribution in [0.15, 0.2) is 46.6 Å². The molecule has 1 amide bonds. The quantitative estimate of drug-likeness (QED) is 0.245. The second kappa shape index (κ2) is 10.8. The van der Waals surface area contributed by atoms with Crippen molar-refractivity contribution in [3.8, 4) is 17.2 Å². The van der Waals surface area contributed by atoms with E-state index in [0.29, 0.717) is 32.8 Å². The first-order valence-corrected chi connectivity index (χ1v) is 16.9. The third-order valence-electron chi connectivity index (χ3n) is 9.71. The molecule has 2 aromatic heterocycles. The molecular formula is C33H31F3N6O2S2. The molecule has 0 unspecified atom stereocenters. The number of halogens is 3. The van der Waals surface area contributed by atoms with E-state index in [4.69, 9.17) is 5.73 Å². The normalized spacial score (nSPS) is 20.9. The van der Waals surface area contributed by atoms with Crippen LogP contribution in [0.3, 0.4) is 0 Å². The Hall–Kier alpha value is -4.02. The molecule has 2 aliphatic heterocycles. The molecule has 1 spiro atoms. The molecule has 2 fully saturated rings. The summed E-state index contributed by atoms with van der Waals surface area (Å²) in [7, 11) is 0. The summed E-state index contributed by atoms with van der Waals surface area (Å²) >= 11 is 2.52. The van der Waals surface area contributed by atoms with Gasteiger partial charge in [0, 0.05) is 63.4 Å². The number of carbonyl (C=O) groups excluding carboxylic acids is 1. The van der Waals surface area contributed by atoms with Gasteiger partial charge in [0.15, 0.2) is 0 Å². The van der Waals surface area contributed by atoms with Crippen LogP contribution in [0.25, 0.3) is 32.1 Å². The highest BCUT2D eigenvalue weighted by molar-refractivity contribution is 7.99. The number of alkyl halides is 3. The van der Waals surface area contributed by atoms with Crippen LogP contribution >= 0.6 is 23.1 Å². The molecule has 7 rings (SSSR count). The van der Waals surface area contributed by atoms with Crippen molar-refractivity contribution in [3.63, 3.8) is 0 Å². The van der Waals surface area contributed by atoms with Gasteiger partial charge >= 0.3 is 11.9 Å². The van der Waals surface area contributed by atoms with Gasteiger partial charge in [0.25, 0.3) is 0 Å². The van der Waals surface area contributed by atoms with Crippen LogP contribution in [0.5, 0.6) is 0 Å². The molecule has 238 valence electrons. The average Bonchev–Trinajstić information content (AvgIpc) is 3.19. The minimum Gasteiger partial charge on any atom is -0.389 e. The Morgan fingerprint density at radius 1 is 1.24 bits per heavy atom. The van der Waals surface area contributed by atoms with E-state index in [1.807, 2.05) is 18.7 Å². The molecule has 3 aliphatic rings. The lowest BCUT2D eigenvalue weighted by Crippen LogP contribution is -2.58. The van der Waals surface area contributed by atoms with Crippen LogP contribution in [0.1, 0.15) is 44.2 Å². The van der Waals surface area contributed by atoms with E-state index in [2.05, 4.69) is 17.6 Å². The Kier molecular flexibility index (Phi) is 7.17. The first-order valence-electron chi connectivity index (χ1n) is 15.1. The van der Waals surface area contributed by atoms with Gasteiger partial charge in [-0.2, -0.15) is 23.4 Å². The van der Waals surface area contributed by atoms with E-state index in [1.165, 1.54) is 29.2 Å². The first kappa shape index (κ1) is 30.6. The number of hydrogen-bond acceptors (Lipinski definition) is 8. The molecule has 13 heteroatoms. The third kappa shape index (κ3) is 4.59. The van der Waals surface area contributed by atoms with Crippen molar-refractivity contribution in [1.29, 1.82) is 5.26 Å². The van der Waals surface area contributed by atoms with E-state index in [0.717, 1.165) is 25.3 Å². The lowest BCUT2D eigenvalue weighted by Gasteiger charge is -2.45. The van der Waals surface area contributed by atoms with E-state index in [9.17, 15) is 14.9 Å². The number of fused-ring (bicyclic) bond motifs is 1. The molecular weight excluding hydrogens is 634 g/mol. The third-order valence-corrected chi connectivity index (χ3v) is 12.1. The predicted molar refractivity (Wildman–Crippen MR) is 176 cm³/mol. The van der Waals surface area contributed by atoms with Crippen molar-refractivity contribution in [1.82, 2.24) is 14.5 Å². The Labute approximate surface area is 271 Å². The van der Waals surface area contributed by atoms with Crippen LogP contribution in [0, 0.1) is 16.7 Å². The van der Waals surface area contributed by atoms with Crippen molar-refractivity contribution < 1.29 is 18.0 Å². The van der Waals surface area contributed by atoms with Crippen LogP contribution in [0.2, 0.25) is 0 Å². The maximum absolute atomic E-state index is 15.3.